The first-order chi connectivity index (χ1) is 11.6. The van der Waals surface area contributed by atoms with Crippen LogP contribution in [0.25, 0.3) is 6.08 Å². The van der Waals surface area contributed by atoms with Crippen LogP contribution >= 0.6 is 0 Å². The molecule has 0 aliphatic heterocycles. The van der Waals surface area contributed by atoms with E-state index >= 15 is 0 Å². The van der Waals surface area contributed by atoms with Crippen molar-refractivity contribution < 1.29 is 14.7 Å². The Kier molecular flexibility index (Phi) is 6.28. The third-order valence-corrected chi connectivity index (χ3v) is 3.36. The number of hydrogen-bond acceptors (Lipinski definition) is 4. The van der Waals surface area contributed by atoms with Crippen LogP contribution in [0.4, 0.5) is 11.4 Å². The van der Waals surface area contributed by atoms with E-state index in [-0.39, 0.29) is 24.8 Å². The first-order valence-electron chi connectivity index (χ1n) is 7.61. The van der Waals surface area contributed by atoms with Gasteiger partial charge < -0.3 is 15.7 Å². The van der Waals surface area contributed by atoms with E-state index in [9.17, 15) is 9.59 Å². The molecule has 0 aliphatic carbocycles. The van der Waals surface area contributed by atoms with E-state index in [4.69, 9.17) is 5.11 Å². The molecule has 5 heteroatoms. The monoisotopic (exact) mass is 324 g/mol. The highest BCUT2D eigenvalue weighted by Crippen LogP contribution is 2.16. The van der Waals surface area contributed by atoms with Gasteiger partial charge in [0, 0.05) is 16.9 Å². The summed E-state index contributed by atoms with van der Waals surface area (Å²) in [6.45, 7) is 1.54. The fraction of sp³-hybridized carbons (Fsp3) is 0.158. The Morgan fingerprint density at radius 1 is 1.12 bits per heavy atom. The number of nitrogens with one attached hydrogen (secondary N) is 2. The van der Waals surface area contributed by atoms with Gasteiger partial charge >= 0.3 is 0 Å². The normalized spacial score (nSPS) is 10.6. The number of aliphatic hydroxyl groups excluding tert-OH is 1. The molecule has 0 spiro atoms. The van der Waals surface area contributed by atoms with Crippen LogP contribution in [0.2, 0.25) is 0 Å². The smallest absolute Gasteiger partial charge is 0.243 e. The van der Waals surface area contributed by atoms with Crippen LogP contribution in [0.3, 0.4) is 0 Å². The van der Waals surface area contributed by atoms with E-state index < -0.39 is 0 Å². The van der Waals surface area contributed by atoms with Gasteiger partial charge in [-0.05, 0) is 30.7 Å². The first kappa shape index (κ1) is 17.4. The van der Waals surface area contributed by atoms with Crippen molar-refractivity contribution in [2.75, 3.05) is 23.8 Å². The molecule has 0 fully saturated rings. The van der Waals surface area contributed by atoms with Gasteiger partial charge in [-0.1, -0.05) is 42.5 Å². The number of rotatable bonds is 7. The molecule has 0 saturated heterocycles. The average Bonchev–Trinajstić information content (AvgIpc) is 2.59. The molecule has 5 nitrogen and oxygen atoms in total. The summed E-state index contributed by atoms with van der Waals surface area (Å²) >= 11 is 0. The van der Waals surface area contributed by atoms with Gasteiger partial charge in [0.15, 0.2) is 5.78 Å². The number of ketones is 1. The maximum Gasteiger partial charge on any atom is 0.243 e. The highest BCUT2D eigenvalue weighted by Gasteiger charge is 2.06. The summed E-state index contributed by atoms with van der Waals surface area (Å²) in [7, 11) is 0. The molecule has 24 heavy (non-hydrogen) atoms. The largest absolute Gasteiger partial charge is 0.392 e. The highest BCUT2D eigenvalue weighted by molar-refractivity contribution is 5.98. The Morgan fingerprint density at radius 3 is 2.67 bits per heavy atom. The van der Waals surface area contributed by atoms with Crippen LogP contribution in [-0.2, 0) is 4.79 Å². The highest BCUT2D eigenvalue weighted by atomic mass is 16.2. The second kappa shape index (κ2) is 8.64. The number of Topliss-reactive ketones (excluding diaryl/α,β-unsaturated/α-hetero) is 1. The van der Waals surface area contributed by atoms with E-state index in [0.29, 0.717) is 11.3 Å². The first-order valence-corrected chi connectivity index (χ1v) is 7.61. The summed E-state index contributed by atoms with van der Waals surface area (Å²) in [4.78, 5) is 23.4. The van der Waals surface area contributed by atoms with Crippen molar-refractivity contribution in [2.24, 2.45) is 0 Å². The van der Waals surface area contributed by atoms with Gasteiger partial charge in [0.2, 0.25) is 5.91 Å². The topological polar surface area (TPSA) is 78.4 Å². The third-order valence-electron chi connectivity index (χ3n) is 3.36. The Labute approximate surface area is 141 Å². The lowest BCUT2D eigenvalue weighted by molar-refractivity contribution is -0.114. The molecule has 124 valence electrons. The van der Waals surface area contributed by atoms with Gasteiger partial charge in [0.1, 0.15) is 0 Å². The van der Waals surface area contributed by atoms with E-state index in [1.54, 1.807) is 36.4 Å². The van der Waals surface area contributed by atoms with Crippen LogP contribution in [0.15, 0.2) is 54.6 Å². The number of anilines is 2. The average molecular weight is 324 g/mol. The number of amides is 1. The Bertz CT molecular complexity index is 754. The minimum Gasteiger partial charge on any atom is -0.392 e. The zero-order chi connectivity index (χ0) is 17.4. The lowest BCUT2D eigenvalue weighted by Gasteiger charge is -2.10. The SMILES string of the molecule is CC(=O)c1cccc(NC(=O)CNc2ccccc2/C=C/CO)c1. The fourth-order valence-electron chi connectivity index (χ4n) is 2.18. The van der Waals surface area contributed by atoms with Gasteiger partial charge in [0.05, 0.1) is 13.2 Å². The summed E-state index contributed by atoms with van der Waals surface area (Å²) in [6.07, 6.45) is 3.42. The van der Waals surface area contributed by atoms with Crippen molar-refractivity contribution >= 4 is 29.1 Å². The lowest BCUT2D eigenvalue weighted by Crippen LogP contribution is -2.22. The van der Waals surface area contributed by atoms with Gasteiger partial charge in [-0.3, -0.25) is 9.59 Å². The predicted octanol–water partition coefficient (Wildman–Crippen LogP) is 2.95. The molecule has 0 bridgehead atoms. The Balaban J connectivity index is 1.98. The van der Waals surface area contributed by atoms with Crippen molar-refractivity contribution in [1.82, 2.24) is 0 Å². The standard InChI is InChI=1S/C19H20N2O3/c1-14(23)16-7-4-9-17(12-16)21-19(24)13-20-18-10-3-2-6-15(18)8-5-11-22/h2-10,12,20,22H,11,13H2,1H3,(H,21,24)/b8-5+. The molecule has 2 aromatic carbocycles. The van der Waals surface area contributed by atoms with E-state index in [1.807, 2.05) is 24.3 Å². The van der Waals surface area contributed by atoms with Gasteiger partial charge in [-0.2, -0.15) is 0 Å². The number of benzene rings is 2. The number of aliphatic hydroxyl groups is 1. The van der Waals surface area contributed by atoms with Gasteiger partial charge in [-0.25, -0.2) is 0 Å². The van der Waals surface area contributed by atoms with Crippen LogP contribution in [0.5, 0.6) is 0 Å². The minimum atomic E-state index is -0.211. The summed E-state index contributed by atoms with van der Waals surface area (Å²) in [5.74, 6) is -0.259. The molecule has 1 amide bonds. The molecule has 0 unspecified atom stereocenters. The predicted molar refractivity (Wildman–Crippen MR) is 96.1 cm³/mol. The molecule has 3 N–H and O–H groups in total. The van der Waals surface area contributed by atoms with Crippen LogP contribution in [-0.4, -0.2) is 29.9 Å². The van der Waals surface area contributed by atoms with Crippen LogP contribution in [0.1, 0.15) is 22.8 Å². The van der Waals surface area contributed by atoms with Gasteiger partial charge in [0.25, 0.3) is 0 Å². The second-order valence-corrected chi connectivity index (χ2v) is 5.21. The number of hydrogen-bond donors (Lipinski definition) is 3. The Morgan fingerprint density at radius 2 is 1.92 bits per heavy atom. The Hall–Kier alpha value is -2.92. The zero-order valence-electron chi connectivity index (χ0n) is 13.5. The molecule has 0 radical (unpaired) electrons. The van der Waals surface area contributed by atoms with Crippen molar-refractivity contribution in [2.45, 2.75) is 6.92 Å². The zero-order valence-corrected chi connectivity index (χ0v) is 13.5. The summed E-state index contributed by atoms with van der Waals surface area (Å²) in [5, 5.41) is 14.7. The van der Waals surface area contributed by atoms with Crippen molar-refractivity contribution in [3.05, 3.63) is 65.7 Å². The molecule has 0 saturated carbocycles. The molecule has 0 heterocycles. The molecule has 2 rings (SSSR count). The molecule has 0 aromatic heterocycles. The summed E-state index contributed by atoms with van der Waals surface area (Å²) < 4.78 is 0. The molecular weight excluding hydrogens is 304 g/mol. The molecular formula is C19H20N2O3. The number of carbonyl (C=O) groups is 2. The maximum atomic E-state index is 12.1. The van der Waals surface area contributed by atoms with Crippen molar-refractivity contribution in [1.29, 1.82) is 0 Å². The van der Waals surface area contributed by atoms with E-state index in [0.717, 1.165) is 11.3 Å². The second-order valence-electron chi connectivity index (χ2n) is 5.21. The molecule has 0 aliphatic rings. The van der Waals surface area contributed by atoms with Crippen molar-refractivity contribution in [3.8, 4) is 0 Å². The van der Waals surface area contributed by atoms with Crippen molar-refractivity contribution in [3.63, 3.8) is 0 Å². The fourth-order valence-corrected chi connectivity index (χ4v) is 2.18. The van der Waals surface area contributed by atoms with E-state index in [2.05, 4.69) is 10.6 Å². The lowest BCUT2D eigenvalue weighted by atomic mass is 10.1. The van der Waals surface area contributed by atoms with E-state index in [1.165, 1.54) is 6.92 Å². The molecule has 2 aromatic rings. The molecule has 0 atom stereocenters. The van der Waals surface area contributed by atoms with Crippen LogP contribution < -0.4 is 10.6 Å². The maximum absolute atomic E-state index is 12.1. The summed E-state index contributed by atoms with van der Waals surface area (Å²) in [5.41, 5.74) is 2.83. The van der Waals surface area contributed by atoms with Crippen LogP contribution in [0, 0.1) is 0 Å². The number of carbonyl (C=O) groups excluding carboxylic acids is 2. The third kappa shape index (κ3) is 5.07. The minimum absolute atomic E-state index is 0.0404. The number of para-hydroxylation sites is 1. The quantitative estimate of drug-likeness (QED) is 0.684. The summed E-state index contributed by atoms with van der Waals surface area (Å²) in [6, 6.07) is 14.3. The van der Waals surface area contributed by atoms with Gasteiger partial charge in [-0.15, -0.1) is 0 Å².